The second-order valence-corrected chi connectivity index (χ2v) is 25.7. The van der Waals surface area contributed by atoms with Crippen LogP contribution < -0.4 is 0 Å². The number of aromatic nitrogens is 2. The van der Waals surface area contributed by atoms with Crippen LogP contribution in [0.5, 0.6) is 0 Å². The van der Waals surface area contributed by atoms with Crippen LogP contribution in [0.3, 0.4) is 0 Å². The third-order valence-electron chi connectivity index (χ3n) is 13.9. The smallest absolute Gasteiger partial charge is 0.229 e. The first-order chi connectivity index (χ1) is 31.2. The highest BCUT2D eigenvalue weighted by Gasteiger charge is 2.40. The van der Waals surface area contributed by atoms with E-state index in [9.17, 15) is 9.90 Å². The highest BCUT2D eigenvalue weighted by Crippen LogP contribution is 2.45. The fourth-order valence-electron chi connectivity index (χ4n) is 9.21. The number of nitrogens with one attached hydrogen (secondary N) is 2. The summed E-state index contributed by atoms with van der Waals surface area (Å²) in [6.45, 7) is 40.2. The second-order valence-electron chi connectivity index (χ2n) is 25.7. The van der Waals surface area contributed by atoms with Crippen LogP contribution in [0.25, 0.3) is 11.1 Å². The number of H-pyrrole nitrogens is 2. The van der Waals surface area contributed by atoms with Gasteiger partial charge in [-0.1, -0.05) is 179 Å². The van der Waals surface area contributed by atoms with Crippen LogP contribution in [0.2, 0.25) is 0 Å². The van der Waals surface area contributed by atoms with Crippen molar-refractivity contribution in [2.45, 2.75) is 163 Å². The first-order valence-electron chi connectivity index (χ1n) is 24.4. The third kappa shape index (κ3) is 9.09. The predicted octanol–water partition coefficient (Wildman–Crippen LogP) is 14.5. The van der Waals surface area contributed by atoms with Crippen molar-refractivity contribution in [3.05, 3.63) is 187 Å². The van der Waals surface area contributed by atoms with E-state index in [1.807, 2.05) is 36.4 Å². The molecule has 3 N–H and O–H groups in total. The van der Waals surface area contributed by atoms with E-state index in [4.69, 9.17) is 9.98 Å². The van der Waals surface area contributed by atoms with Crippen LogP contribution in [0.15, 0.2) is 125 Å². The lowest BCUT2D eigenvalue weighted by atomic mass is 9.76. The van der Waals surface area contributed by atoms with Gasteiger partial charge in [0.05, 0.1) is 22.8 Å². The molecule has 3 aliphatic rings. The van der Waals surface area contributed by atoms with Gasteiger partial charge in [0.2, 0.25) is 5.78 Å². The van der Waals surface area contributed by atoms with E-state index in [0.717, 1.165) is 50.4 Å². The number of aliphatic hydroxyl groups is 1. The van der Waals surface area contributed by atoms with E-state index >= 15 is 0 Å². The number of aliphatic imine (C=N–C) groups is 2. The van der Waals surface area contributed by atoms with Gasteiger partial charge in [-0.25, -0.2) is 9.98 Å². The van der Waals surface area contributed by atoms with E-state index in [0.29, 0.717) is 34.2 Å². The van der Waals surface area contributed by atoms with Crippen LogP contribution >= 0.6 is 0 Å². The molecule has 8 rings (SSSR count). The zero-order valence-corrected chi connectivity index (χ0v) is 44.1. The van der Waals surface area contributed by atoms with Crippen molar-refractivity contribution in [3.63, 3.8) is 0 Å². The number of fused-ring (bicyclic) bond motifs is 6. The van der Waals surface area contributed by atoms with Crippen molar-refractivity contribution in [1.82, 2.24) is 9.97 Å². The number of hydrogen-bond donors (Lipinski definition) is 3. The summed E-state index contributed by atoms with van der Waals surface area (Å²) in [6.07, 6.45) is 7.53. The van der Waals surface area contributed by atoms with Gasteiger partial charge in [0.1, 0.15) is 11.4 Å². The molecule has 6 nitrogen and oxygen atoms in total. The van der Waals surface area contributed by atoms with E-state index in [2.05, 4.69) is 201 Å². The molecule has 0 saturated carbocycles. The summed E-state index contributed by atoms with van der Waals surface area (Å²) >= 11 is 0. The van der Waals surface area contributed by atoms with E-state index < -0.39 is 5.60 Å². The van der Waals surface area contributed by atoms with Crippen molar-refractivity contribution in [3.8, 4) is 0 Å². The Hall–Kier alpha value is -5.85. The maximum Gasteiger partial charge on any atom is 0.229 e. The molecule has 68 heavy (non-hydrogen) atoms. The van der Waals surface area contributed by atoms with Crippen molar-refractivity contribution in [2.24, 2.45) is 9.98 Å². The number of hydrogen-bond acceptors (Lipinski definition) is 4. The van der Waals surface area contributed by atoms with Crippen molar-refractivity contribution in [1.29, 1.82) is 0 Å². The normalized spacial score (nSPS) is 19.3. The quantitative estimate of drug-likeness (QED) is 0.168. The number of benzene rings is 3. The molecule has 0 spiro atoms. The number of carbonyl (C=O) groups excluding carboxylic acids is 1. The topological polar surface area (TPSA) is 93.6 Å². The highest BCUT2D eigenvalue weighted by atomic mass is 16.3. The maximum absolute atomic E-state index is 14.6. The average Bonchev–Trinajstić information content (AvgIpc) is 4.07. The minimum atomic E-state index is -1.69. The summed E-state index contributed by atoms with van der Waals surface area (Å²) in [5, 5.41) is 14.1. The molecule has 3 aromatic carbocycles. The monoisotopic (exact) mass is 907 g/mol. The number of carbonyl (C=O) groups is 1. The summed E-state index contributed by atoms with van der Waals surface area (Å²) in [6, 6.07) is 28.5. The standard InChI is InChI=1S/C62H74N4O2/c1-56(2,3)38-27-36(28-39(31-38)57(4,5)6)53-45-19-21-49(63-45)55(67)50-22-20-46(64-50)54(37-29-40(58(7,8)9)32-41(30-37)59(10,11)12)48-24-26-52(66-48)62(68,51-25-23-47(53)65-51)44-34-42(60(13,14)15)33-43(35-44)61(16,17)18/h19-35,65-66,68H,1-18H3/b53-45-,54-46?. The Bertz CT molecular complexity index is 2800. The fourth-order valence-corrected chi connectivity index (χ4v) is 9.21. The molecular formula is C62H74N4O2. The summed E-state index contributed by atoms with van der Waals surface area (Å²) in [5.74, 6) is -0.243. The van der Waals surface area contributed by atoms with Crippen LogP contribution in [-0.2, 0) is 42.9 Å². The molecule has 5 aromatic rings. The zero-order chi connectivity index (χ0) is 49.9. The number of nitrogens with zero attached hydrogens (tertiary/aromatic N) is 2. The van der Waals surface area contributed by atoms with Crippen LogP contribution in [0.4, 0.5) is 0 Å². The van der Waals surface area contributed by atoms with Crippen molar-refractivity contribution in [2.75, 3.05) is 0 Å². The molecule has 0 saturated heterocycles. The SMILES string of the molecule is CC(C)(C)c1cc(C2=C3C=CC(=N3)C(=O)C3=N/C(=C(/c4cc(C(C)(C)C)cc(C(C)(C)C)c4)c4ccc([nH]4)C(O)(c4cc(C(C)(C)C)cc(C(C)(C)C)c4)c4ccc2[nH]4)C=C3)cc(C(C)(C)C)c1. The Labute approximate surface area is 406 Å². The largest absolute Gasteiger partial charge is 0.373 e. The van der Waals surface area contributed by atoms with Gasteiger partial charge < -0.3 is 15.1 Å². The lowest BCUT2D eigenvalue weighted by Gasteiger charge is -2.32. The molecule has 1 unspecified atom stereocenters. The Morgan fingerprint density at radius 2 is 0.706 bits per heavy atom. The van der Waals surface area contributed by atoms with Gasteiger partial charge in [-0.2, -0.15) is 0 Å². The van der Waals surface area contributed by atoms with Crippen LogP contribution in [0.1, 0.15) is 197 Å². The van der Waals surface area contributed by atoms with Gasteiger partial charge in [0, 0.05) is 22.5 Å². The summed E-state index contributed by atoms with van der Waals surface area (Å²) in [7, 11) is 0. The van der Waals surface area contributed by atoms with E-state index in [1.54, 1.807) is 0 Å². The Kier molecular flexibility index (Phi) is 11.5. The Balaban J connectivity index is 1.50. The second kappa shape index (κ2) is 16.1. The zero-order valence-electron chi connectivity index (χ0n) is 44.1. The lowest BCUT2D eigenvalue weighted by Crippen LogP contribution is -2.31. The minimum absolute atomic E-state index is 0.149. The Morgan fingerprint density at radius 3 is 1.00 bits per heavy atom. The number of allylic oxidation sites excluding steroid dienone is 4. The van der Waals surface area contributed by atoms with Gasteiger partial charge in [-0.15, -0.1) is 0 Å². The third-order valence-corrected chi connectivity index (χ3v) is 13.9. The minimum Gasteiger partial charge on any atom is -0.373 e. The molecule has 6 heteroatoms. The van der Waals surface area contributed by atoms with E-state index in [1.165, 1.54) is 22.3 Å². The van der Waals surface area contributed by atoms with Crippen LogP contribution in [-0.4, -0.2) is 32.3 Å². The van der Waals surface area contributed by atoms with E-state index in [-0.39, 0.29) is 38.3 Å². The van der Waals surface area contributed by atoms with Gasteiger partial charge in [0.25, 0.3) is 0 Å². The first-order valence-corrected chi connectivity index (χ1v) is 24.4. The highest BCUT2D eigenvalue weighted by molar-refractivity contribution is 6.71. The number of rotatable bonds is 3. The first kappa shape index (κ1) is 48.6. The number of ketones is 1. The van der Waals surface area contributed by atoms with Crippen molar-refractivity contribution < 1.29 is 9.90 Å². The molecule has 5 heterocycles. The summed E-state index contributed by atoms with van der Waals surface area (Å²) in [5.41, 5.74) is 13.4. The van der Waals surface area contributed by atoms with Gasteiger partial charge >= 0.3 is 0 Å². The average molecular weight is 907 g/mol. The molecule has 354 valence electrons. The van der Waals surface area contributed by atoms with Crippen LogP contribution in [0, 0.1) is 0 Å². The van der Waals surface area contributed by atoms with Gasteiger partial charge in [0.15, 0.2) is 5.60 Å². The Morgan fingerprint density at radius 1 is 0.412 bits per heavy atom. The number of Topliss-reactive ketones (excluding diaryl/α,β-unsaturated/α-hetero) is 1. The molecular weight excluding hydrogens is 833 g/mol. The summed E-state index contributed by atoms with van der Waals surface area (Å²) in [4.78, 5) is 32.5. The number of aromatic amines is 2. The van der Waals surface area contributed by atoms with Crippen molar-refractivity contribution >= 4 is 28.4 Å². The molecule has 8 bridgehead atoms. The fraction of sp³-hybridized carbons (Fsp3) is 0.403. The molecule has 1 atom stereocenters. The maximum atomic E-state index is 14.6. The molecule has 3 aliphatic heterocycles. The molecule has 0 aliphatic carbocycles. The molecule has 0 amide bonds. The predicted molar refractivity (Wildman–Crippen MR) is 285 cm³/mol. The van der Waals surface area contributed by atoms with Gasteiger partial charge in [-0.3, -0.25) is 4.79 Å². The molecule has 2 aromatic heterocycles. The van der Waals surface area contributed by atoms with Gasteiger partial charge in [-0.05, 0) is 131 Å². The lowest BCUT2D eigenvalue weighted by molar-refractivity contribution is -0.107. The molecule has 0 radical (unpaired) electrons. The molecule has 0 fully saturated rings. The summed E-state index contributed by atoms with van der Waals surface area (Å²) < 4.78 is 0.